The van der Waals surface area contributed by atoms with Crippen molar-refractivity contribution in [3.63, 3.8) is 0 Å². The molecule has 2 aromatic carbocycles. The number of hydrogen-bond acceptors (Lipinski definition) is 6. The molecular formula is C20H23N3O6. The minimum atomic E-state index is -0.503. The lowest BCUT2D eigenvalue weighted by Gasteiger charge is -2.13. The zero-order chi connectivity index (χ0) is 21.4. The second-order valence-corrected chi connectivity index (χ2v) is 6.45. The van der Waals surface area contributed by atoms with Gasteiger partial charge in [0.05, 0.1) is 18.6 Å². The molecule has 0 aromatic heterocycles. The largest absolute Gasteiger partial charge is 0.497 e. The van der Waals surface area contributed by atoms with E-state index in [1.165, 1.54) is 25.3 Å². The molecule has 29 heavy (non-hydrogen) atoms. The maximum Gasteiger partial charge on any atom is 0.270 e. The fourth-order valence-electron chi connectivity index (χ4n) is 2.50. The van der Waals surface area contributed by atoms with Gasteiger partial charge >= 0.3 is 0 Å². The molecule has 0 heterocycles. The number of benzene rings is 2. The van der Waals surface area contributed by atoms with E-state index in [2.05, 4.69) is 10.6 Å². The van der Waals surface area contributed by atoms with E-state index in [1.807, 2.05) is 13.8 Å². The molecule has 9 nitrogen and oxygen atoms in total. The number of nitro benzene ring substituents is 1. The number of carbonyl (C=O) groups is 2. The standard InChI is InChI=1S/C20H23N3O6/c1-13(2)22-19(24)11-21-20(25)12-29-18-9-6-15(23(26)27)10-17(18)14-4-7-16(28-3)8-5-14/h4-10,13H,11-12H2,1-3H3,(H,21,25)(H,22,24). The Morgan fingerprint density at radius 1 is 1.10 bits per heavy atom. The van der Waals surface area contributed by atoms with Crippen molar-refractivity contribution in [2.24, 2.45) is 0 Å². The molecule has 2 rings (SSSR count). The maximum absolute atomic E-state index is 12.0. The van der Waals surface area contributed by atoms with Gasteiger partial charge in [0, 0.05) is 23.7 Å². The van der Waals surface area contributed by atoms with E-state index in [0.717, 1.165) is 0 Å². The van der Waals surface area contributed by atoms with Gasteiger partial charge in [0.2, 0.25) is 5.91 Å². The summed E-state index contributed by atoms with van der Waals surface area (Å²) in [5, 5.41) is 16.3. The molecule has 0 aliphatic carbocycles. The van der Waals surface area contributed by atoms with Crippen LogP contribution >= 0.6 is 0 Å². The SMILES string of the molecule is COc1ccc(-c2cc([N+](=O)[O-])ccc2OCC(=O)NCC(=O)NC(C)C)cc1. The van der Waals surface area contributed by atoms with Crippen LogP contribution in [-0.4, -0.2) is 43.0 Å². The fraction of sp³-hybridized carbons (Fsp3) is 0.300. The van der Waals surface area contributed by atoms with E-state index < -0.39 is 10.8 Å². The number of amides is 2. The van der Waals surface area contributed by atoms with E-state index in [4.69, 9.17) is 9.47 Å². The first kappa shape index (κ1) is 21.7. The van der Waals surface area contributed by atoms with Crippen LogP contribution in [0.1, 0.15) is 13.8 Å². The van der Waals surface area contributed by atoms with Gasteiger partial charge in [-0.25, -0.2) is 0 Å². The van der Waals surface area contributed by atoms with Gasteiger partial charge in [-0.2, -0.15) is 0 Å². The lowest BCUT2D eigenvalue weighted by atomic mass is 10.0. The van der Waals surface area contributed by atoms with Gasteiger partial charge in [-0.15, -0.1) is 0 Å². The molecule has 0 saturated carbocycles. The summed E-state index contributed by atoms with van der Waals surface area (Å²) in [7, 11) is 1.54. The van der Waals surface area contributed by atoms with E-state index in [0.29, 0.717) is 22.6 Å². The molecule has 0 atom stereocenters. The summed E-state index contributed by atoms with van der Waals surface area (Å²) in [6, 6.07) is 11.0. The number of rotatable bonds is 9. The average molecular weight is 401 g/mol. The van der Waals surface area contributed by atoms with Gasteiger partial charge in [0.15, 0.2) is 6.61 Å². The topological polar surface area (TPSA) is 120 Å². The van der Waals surface area contributed by atoms with Crippen LogP contribution in [0.25, 0.3) is 11.1 Å². The summed E-state index contributed by atoms with van der Waals surface area (Å²) < 4.78 is 10.7. The van der Waals surface area contributed by atoms with Crippen molar-refractivity contribution in [2.75, 3.05) is 20.3 Å². The number of hydrogen-bond donors (Lipinski definition) is 2. The van der Waals surface area contributed by atoms with Crippen LogP contribution in [0.3, 0.4) is 0 Å². The highest BCUT2D eigenvalue weighted by molar-refractivity contribution is 5.85. The van der Waals surface area contributed by atoms with Crippen molar-refractivity contribution in [1.82, 2.24) is 10.6 Å². The molecule has 0 spiro atoms. The third kappa shape index (κ3) is 6.49. The maximum atomic E-state index is 12.0. The van der Waals surface area contributed by atoms with Gasteiger partial charge in [-0.1, -0.05) is 12.1 Å². The minimum absolute atomic E-state index is 0.0252. The van der Waals surface area contributed by atoms with E-state index >= 15 is 0 Å². The van der Waals surface area contributed by atoms with E-state index in [-0.39, 0.29) is 30.8 Å². The summed E-state index contributed by atoms with van der Waals surface area (Å²) in [5.41, 5.74) is 1.03. The molecule has 0 aliphatic heterocycles. The van der Waals surface area contributed by atoms with Crippen LogP contribution in [0.15, 0.2) is 42.5 Å². The van der Waals surface area contributed by atoms with Gasteiger partial charge in [0.1, 0.15) is 11.5 Å². The molecule has 154 valence electrons. The van der Waals surface area contributed by atoms with Crippen LogP contribution in [0, 0.1) is 10.1 Å². The summed E-state index contributed by atoms with van der Waals surface area (Å²) in [4.78, 5) is 34.2. The normalized spacial score (nSPS) is 10.3. The van der Waals surface area contributed by atoms with Crippen molar-refractivity contribution in [3.05, 3.63) is 52.6 Å². The highest BCUT2D eigenvalue weighted by atomic mass is 16.6. The molecule has 0 fully saturated rings. The zero-order valence-corrected chi connectivity index (χ0v) is 16.4. The Hall–Kier alpha value is -3.62. The minimum Gasteiger partial charge on any atom is -0.497 e. The number of non-ortho nitro benzene ring substituents is 1. The Bertz CT molecular complexity index is 880. The number of nitrogens with one attached hydrogen (secondary N) is 2. The number of methoxy groups -OCH3 is 1. The van der Waals surface area contributed by atoms with Crippen LogP contribution < -0.4 is 20.1 Å². The first-order valence-electron chi connectivity index (χ1n) is 8.92. The Morgan fingerprint density at radius 3 is 2.38 bits per heavy atom. The fourth-order valence-corrected chi connectivity index (χ4v) is 2.50. The molecule has 9 heteroatoms. The van der Waals surface area contributed by atoms with Gasteiger partial charge in [-0.05, 0) is 37.6 Å². The summed E-state index contributed by atoms with van der Waals surface area (Å²) >= 11 is 0. The molecule has 2 N–H and O–H groups in total. The predicted octanol–water partition coefficient (Wildman–Crippen LogP) is 2.29. The molecule has 0 radical (unpaired) electrons. The predicted molar refractivity (Wildman–Crippen MR) is 107 cm³/mol. The Kier molecular flexibility index (Phi) is 7.53. The smallest absolute Gasteiger partial charge is 0.270 e. The molecule has 0 unspecified atom stereocenters. The van der Waals surface area contributed by atoms with Crippen LogP contribution in [0.2, 0.25) is 0 Å². The second-order valence-electron chi connectivity index (χ2n) is 6.45. The first-order valence-corrected chi connectivity index (χ1v) is 8.92. The molecule has 0 saturated heterocycles. The Balaban J connectivity index is 2.12. The molecule has 2 amide bonds. The van der Waals surface area contributed by atoms with Crippen LogP contribution in [0.4, 0.5) is 5.69 Å². The average Bonchev–Trinajstić information content (AvgIpc) is 2.70. The van der Waals surface area contributed by atoms with Crippen molar-refractivity contribution in [3.8, 4) is 22.6 Å². The van der Waals surface area contributed by atoms with Gasteiger partial charge in [0.25, 0.3) is 11.6 Å². The second kappa shape index (κ2) is 10.1. The van der Waals surface area contributed by atoms with Gasteiger partial charge < -0.3 is 20.1 Å². The first-order chi connectivity index (χ1) is 13.8. The zero-order valence-electron chi connectivity index (χ0n) is 16.4. The number of nitro groups is 1. The van der Waals surface area contributed by atoms with E-state index in [9.17, 15) is 19.7 Å². The van der Waals surface area contributed by atoms with Crippen molar-refractivity contribution in [2.45, 2.75) is 19.9 Å². The molecule has 0 bridgehead atoms. The third-order valence-electron chi connectivity index (χ3n) is 3.83. The summed E-state index contributed by atoms with van der Waals surface area (Å²) in [6.07, 6.45) is 0. The summed E-state index contributed by atoms with van der Waals surface area (Å²) in [6.45, 7) is 3.14. The van der Waals surface area contributed by atoms with Crippen molar-refractivity contribution in [1.29, 1.82) is 0 Å². The quantitative estimate of drug-likeness (QED) is 0.491. The highest BCUT2D eigenvalue weighted by Crippen LogP contribution is 2.34. The monoisotopic (exact) mass is 401 g/mol. The lowest BCUT2D eigenvalue weighted by Crippen LogP contribution is -2.41. The number of ether oxygens (including phenoxy) is 2. The third-order valence-corrected chi connectivity index (χ3v) is 3.83. The highest BCUT2D eigenvalue weighted by Gasteiger charge is 2.15. The summed E-state index contributed by atoms with van der Waals surface area (Å²) in [5.74, 6) is 0.161. The Morgan fingerprint density at radius 2 is 1.79 bits per heavy atom. The van der Waals surface area contributed by atoms with Gasteiger partial charge in [-0.3, -0.25) is 19.7 Å². The van der Waals surface area contributed by atoms with Crippen LogP contribution in [0.5, 0.6) is 11.5 Å². The number of carbonyl (C=O) groups excluding carboxylic acids is 2. The molecule has 0 aliphatic rings. The Labute approximate surface area is 168 Å². The molecular weight excluding hydrogens is 378 g/mol. The van der Waals surface area contributed by atoms with Crippen molar-refractivity contribution < 1.29 is 24.0 Å². The lowest BCUT2D eigenvalue weighted by molar-refractivity contribution is -0.384. The van der Waals surface area contributed by atoms with E-state index in [1.54, 1.807) is 24.3 Å². The van der Waals surface area contributed by atoms with Crippen LogP contribution in [-0.2, 0) is 9.59 Å². The van der Waals surface area contributed by atoms with Crippen molar-refractivity contribution >= 4 is 17.5 Å². The molecule has 2 aromatic rings. The number of nitrogens with zero attached hydrogens (tertiary/aromatic N) is 1.